The summed E-state index contributed by atoms with van der Waals surface area (Å²) >= 11 is 0. The summed E-state index contributed by atoms with van der Waals surface area (Å²) in [6.45, 7) is 5.49. The molecular formula is C22H25FN4O3. The van der Waals surface area contributed by atoms with Crippen LogP contribution < -0.4 is 10.6 Å². The van der Waals surface area contributed by atoms with Crippen LogP contribution in [0.15, 0.2) is 18.2 Å². The zero-order valence-electron chi connectivity index (χ0n) is 17.1. The molecule has 2 aromatic rings. The molecule has 0 atom stereocenters. The van der Waals surface area contributed by atoms with E-state index in [-0.39, 0.29) is 16.5 Å². The number of anilines is 1. The van der Waals surface area contributed by atoms with Gasteiger partial charge in [-0.05, 0) is 43.7 Å². The first-order chi connectivity index (χ1) is 14.3. The van der Waals surface area contributed by atoms with Crippen molar-refractivity contribution in [3.63, 3.8) is 0 Å². The molecule has 0 radical (unpaired) electrons. The first-order valence-corrected chi connectivity index (χ1v) is 10.1. The van der Waals surface area contributed by atoms with Crippen molar-refractivity contribution in [2.75, 3.05) is 31.5 Å². The highest BCUT2D eigenvalue weighted by Gasteiger charge is 2.26. The number of H-pyrrole nitrogens is 1. The minimum atomic E-state index is -0.424. The Hall–Kier alpha value is -2.97. The fraction of sp³-hybridized carbons (Fsp3) is 0.364. The highest BCUT2D eigenvalue weighted by molar-refractivity contribution is 6.34. The maximum Gasteiger partial charge on any atom is 0.256 e. The van der Waals surface area contributed by atoms with Crippen molar-refractivity contribution in [1.29, 1.82) is 0 Å². The lowest BCUT2D eigenvalue weighted by molar-refractivity contribution is -0.866. The molecule has 3 N–H and O–H groups in total. The van der Waals surface area contributed by atoms with Crippen molar-refractivity contribution in [1.82, 2.24) is 10.3 Å². The molecule has 1 fully saturated rings. The van der Waals surface area contributed by atoms with Gasteiger partial charge >= 0.3 is 0 Å². The normalized spacial score (nSPS) is 18.5. The minimum absolute atomic E-state index is 0.242. The molecular weight excluding hydrogens is 387 g/mol. The van der Waals surface area contributed by atoms with E-state index in [2.05, 4.69) is 15.6 Å². The van der Waals surface area contributed by atoms with E-state index in [1.165, 1.54) is 18.2 Å². The van der Waals surface area contributed by atoms with E-state index >= 15 is 0 Å². The van der Waals surface area contributed by atoms with Gasteiger partial charge in [-0.15, -0.1) is 0 Å². The molecule has 30 heavy (non-hydrogen) atoms. The SMILES string of the molecule is Cc1[nH]c(/C=C2\C(=O)Nc3ccc(F)cc32)c(C)c1C(=O)NCC[N+]1([O-])CCCC1. The van der Waals surface area contributed by atoms with Crippen LogP contribution >= 0.6 is 0 Å². The molecule has 3 heterocycles. The van der Waals surface area contributed by atoms with Gasteiger partial charge in [0.05, 0.1) is 37.3 Å². The number of carbonyl (C=O) groups excluding carboxylic acids is 2. The third-order valence-electron chi connectivity index (χ3n) is 5.94. The summed E-state index contributed by atoms with van der Waals surface area (Å²) in [4.78, 5) is 28.2. The van der Waals surface area contributed by atoms with Crippen LogP contribution in [-0.2, 0) is 4.79 Å². The monoisotopic (exact) mass is 412 g/mol. The Bertz CT molecular complexity index is 1050. The summed E-state index contributed by atoms with van der Waals surface area (Å²) in [6, 6.07) is 4.14. The summed E-state index contributed by atoms with van der Waals surface area (Å²) < 4.78 is 13.4. The zero-order chi connectivity index (χ0) is 21.5. The van der Waals surface area contributed by atoms with Crippen LogP contribution in [0.25, 0.3) is 11.6 Å². The van der Waals surface area contributed by atoms with Crippen LogP contribution in [0.5, 0.6) is 0 Å². The minimum Gasteiger partial charge on any atom is -0.633 e. The van der Waals surface area contributed by atoms with Gasteiger partial charge in [0.15, 0.2) is 0 Å². The Morgan fingerprint density at radius 1 is 1.30 bits per heavy atom. The van der Waals surface area contributed by atoms with E-state index in [4.69, 9.17) is 0 Å². The molecule has 0 bridgehead atoms. The molecule has 2 aliphatic heterocycles. The van der Waals surface area contributed by atoms with Gasteiger partial charge in [0, 0.05) is 35.5 Å². The quantitative estimate of drug-likeness (QED) is 0.400. The van der Waals surface area contributed by atoms with Crippen LogP contribution in [-0.4, -0.2) is 47.6 Å². The number of quaternary nitrogens is 1. The van der Waals surface area contributed by atoms with Crippen molar-refractivity contribution in [2.24, 2.45) is 0 Å². The van der Waals surface area contributed by atoms with Crippen molar-refractivity contribution >= 4 is 29.2 Å². The van der Waals surface area contributed by atoms with E-state index < -0.39 is 5.82 Å². The predicted molar refractivity (Wildman–Crippen MR) is 113 cm³/mol. The van der Waals surface area contributed by atoms with Crippen molar-refractivity contribution in [2.45, 2.75) is 26.7 Å². The van der Waals surface area contributed by atoms with Crippen LogP contribution in [0.1, 0.15) is 45.7 Å². The Morgan fingerprint density at radius 3 is 2.77 bits per heavy atom. The number of hydroxylamine groups is 3. The van der Waals surface area contributed by atoms with Crippen molar-refractivity contribution in [3.05, 3.63) is 57.3 Å². The molecule has 7 nitrogen and oxygen atoms in total. The average Bonchev–Trinajstić information content (AvgIpc) is 3.33. The molecule has 1 aromatic carbocycles. The highest BCUT2D eigenvalue weighted by atomic mass is 19.1. The van der Waals surface area contributed by atoms with Crippen LogP contribution in [0.2, 0.25) is 0 Å². The number of aryl methyl sites for hydroxylation is 1. The van der Waals surface area contributed by atoms with E-state index in [9.17, 15) is 19.2 Å². The van der Waals surface area contributed by atoms with Crippen molar-refractivity contribution < 1.29 is 18.6 Å². The number of nitrogens with one attached hydrogen (secondary N) is 3. The largest absolute Gasteiger partial charge is 0.633 e. The maximum atomic E-state index is 13.7. The molecule has 0 saturated carbocycles. The van der Waals surface area contributed by atoms with Gasteiger partial charge in [0.25, 0.3) is 11.8 Å². The first-order valence-electron chi connectivity index (χ1n) is 10.1. The number of likely N-dealkylation sites (tertiary alicyclic amines) is 1. The first kappa shape index (κ1) is 20.3. The number of rotatable bonds is 5. The van der Waals surface area contributed by atoms with E-state index in [0.29, 0.717) is 65.5 Å². The highest BCUT2D eigenvalue weighted by Crippen LogP contribution is 2.34. The van der Waals surface area contributed by atoms with Gasteiger partial charge in [-0.25, -0.2) is 4.39 Å². The number of hydrogen-bond acceptors (Lipinski definition) is 3. The zero-order valence-corrected chi connectivity index (χ0v) is 17.1. The van der Waals surface area contributed by atoms with Gasteiger partial charge in [-0.2, -0.15) is 0 Å². The van der Waals surface area contributed by atoms with Gasteiger partial charge in [-0.1, -0.05) is 0 Å². The summed E-state index contributed by atoms with van der Waals surface area (Å²) in [7, 11) is 0. The van der Waals surface area contributed by atoms with E-state index in [0.717, 1.165) is 12.8 Å². The van der Waals surface area contributed by atoms with E-state index in [1.54, 1.807) is 19.9 Å². The number of halogens is 1. The Labute approximate surface area is 174 Å². The lowest BCUT2D eigenvalue weighted by Gasteiger charge is -2.38. The summed E-state index contributed by atoms with van der Waals surface area (Å²) in [6.07, 6.45) is 3.51. The average molecular weight is 412 g/mol. The molecule has 0 unspecified atom stereocenters. The fourth-order valence-corrected chi connectivity index (χ4v) is 4.30. The number of amides is 2. The van der Waals surface area contributed by atoms with Gasteiger partial charge < -0.3 is 25.5 Å². The van der Waals surface area contributed by atoms with Gasteiger partial charge in [0.1, 0.15) is 5.82 Å². The number of hydrogen-bond donors (Lipinski definition) is 3. The van der Waals surface area contributed by atoms with Crippen LogP contribution in [0.3, 0.4) is 0 Å². The topological polar surface area (TPSA) is 97.0 Å². The summed E-state index contributed by atoms with van der Waals surface area (Å²) in [5, 5.41) is 18.0. The van der Waals surface area contributed by atoms with Crippen molar-refractivity contribution in [3.8, 4) is 0 Å². The van der Waals surface area contributed by atoms with Gasteiger partial charge in [-0.3, -0.25) is 9.59 Å². The summed E-state index contributed by atoms with van der Waals surface area (Å²) in [5.41, 5.74) is 3.87. The number of aromatic nitrogens is 1. The smallest absolute Gasteiger partial charge is 0.256 e. The Balaban J connectivity index is 1.54. The molecule has 0 aliphatic carbocycles. The molecule has 0 spiro atoms. The molecule has 1 aromatic heterocycles. The number of fused-ring (bicyclic) bond motifs is 1. The number of aromatic amines is 1. The Morgan fingerprint density at radius 2 is 2.03 bits per heavy atom. The second-order valence-corrected chi connectivity index (χ2v) is 8.06. The molecule has 2 aliphatic rings. The molecule has 4 rings (SSSR count). The lowest BCUT2D eigenvalue weighted by Crippen LogP contribution is -2.44. The second kappa shape index (κ2) is 7.70. The lowest BCUT2D eigenvalue weighted by atomic mass is 10.0. The molecule has 158 valence electrons. The fourth-order valence-electron chi connectivity index (χ4n) is 4.30. The second-order valence-electron chi connectivity index (χ2n) is 8.06. The number of nitrogens with zero attached hydrogens (tertiary/aromatic N) is 1. The molecule has 2 amide bonds. The third-order valence-corrected chi connectivity index (χ3v) is 5.94. The summed E-state index contributed by atoms with van der Waals surface area (Å²) in [5.74, 6) is -0.991. The maximum absolute atomic E-state index is 13.7. The number of carbonyl (C=O) groups is 2. The van der Waals surface area contributed by atoms with Gasteiger partial charge in [0.2, 0.25) is 0 Å². The number of benzene rings is 1. The van der Waals surface area contributed by atoms with Crippen LogP contribution in [0.4, 0.5) is 10.1 Å². The predicted octanol–water partition coefficient (Wildman–Crippen LogP) is 3.10. The van der Waals surface area contributed by atoms with Crippen LogP contribution in [0, 0.1) is 24.9 Å². The standard InChI is InChI=1S/C22H25FN4O3/c1-13-19(12-17-16-11-15(23)5-6-18(16)26-21(17)28)25-14(2)20(13)22(29)24-7-10-27(30)8-3-4-9-27/h5-6,11-12,25H,3-4,7-10H2,1-2H3,(H,24,29)(H,26,28)/b17-12-. The molecule has 1 saturated heterocycles. The Kier molecular flexibility index (Phi) is 5.21. The third kappa shape index (κ3) is 3.76. The molecule has 8 heteroatoms. The van der Waals surface area contributed by atoms with E-state index in [1.807, 2.05) is 0 Å².